The molecule has 7 nitrogen and oxygen atoms in total. The van der Waals surface area contributed by atoms with Gasteiger partial charge in [-0.15, -0.1) is 0 Å². The second kappa shape index (κ2) is 9.58. The average Bonchev–Trinajstić information content (AvgIpc) is 2.68. The fraction of sp³-hybridized carbons (Fsp3) is 0.350. The Hall–Kier alpha value is -2.13. The van der Waals surface area contributed by atoms with Crippen LogP contribution < -0.4 is 15.4 Å². The van der Waals surface area contributed by atoms with Crippen LogP contribution in [0.5, 0.6) is 5.75 Å². The number of hydrogen-bond donors (Lipinski definition) is 2. The van der Waals surface area contributed by atoms with E-state index < -0.39 is 16.1 Å². The van der Waals surface area contributed by atoms with Crippen LogP contribution in [0.1, 0.15) is 25.5 Å². The summed E-state index contributed by atoms with van der Waals surface area (Å²) in [5, 5.41) is 6.04. The van der Waals surface area contributed by atoms with Crippen molar-refractivity contribution in [2.75, 3.05) is 26.5 Å². The van der Waals surface area contributed by atoms with E-state index in [1.807, 2.05) is 31.2 Å². The molecule has 0 fully saturated rings. The van der Waals surface area contributed by atoms with E-state index in [0.717, 1.165) is 15.6 Å². The minimum Gasteiger partial charge on any atom is -0.496 e. The van der Waals surface area contributed by atoms with Crippen LogP contribution >= 0.6 is 11.6 Å². The lowest BCUT2D eigenvalue weighted by atomic mass is 10.1. The molecular formula is C20H26ClN3O4S. The molecule has 2 rings (SSSR count). The van der Waals surface area contributed by atoms with Gasteiger partial charge in [0.05, 0.1) is 18.2 Å². The summed E-state index contributed by atoms with van der Waals surface area (Å²) < 4.78 is 31.2. The number of nitrogens with zero attached hydrogens (tertiary/aromatic N) is 1. The van der Waals surface area contributed by atoms with Crippen molar-refractivity contribution in [2.24, 2.45) is 0 Å². The summed E-state index contributed by atoms with van der Waals surface area (Å²) in [6.07, 6.45) is 0. The number of methoxy groups -OCH3 is 1. The van der Waals surface area contributed by atoms with Gasteiger partial charge in [-0.25, -0.2) is 12.7 Å². The number of nitrogens with one attached hydrogen (secondary N) is 2. The van der Waals surface area contributed by atoms with Gasteiger partial charge in [0.1, 0.15) is 10.6 Å². The van der Waals surface area contributed by atoms with Gasteiger partial charge in [-0.2, -0.15) is 0 Å². The predicted molar refractivity (Wildman–Crippen MR) is 115 cm³/mol. The van der Waals surface area contributed by atoms with Crippen LogP contribution in [0.25, 0.3) is 0 Å². The zero-order chi connectivity index (χ0) is 21.8. The number of rotatable bonds is 8. The van der Waals surface area contributed by atoms with Gasteiger partial charge in [-0.1, -0.05) is 29.8 Å². The topological polar surface area (TPSA) is 87.7 Å². The summed E-state index contributed by atoms with van der Waals surface area (Å²) in [4.78, 5) is 12.6. The molecule has 29 heavy (non-hydrogen) atoms. The average molecular weight is 440 g/mol. The molecule has 0 aliphatic heterocycles. The summed E-state index contributed by atoms with van der Waals surface area (Å²) in [6.45, 7) is 3.67. The number of ether oxygens (including phenoxy) is 1. The van der Waals surface area contributed by atoms with Gasteiger partial charge < -0.3 is 10.1 Å². The van der Waals surface area contributed by atoms with Crippen molar-refractivity contribution in [2.45, 2.75) is 30.8 Å². The molecule has 0 radical (unpaired) electrons. The number of anilines is 1. The Labute approximate surface area is 177 Å². The highest BCUT2D eigenvalue weighted by Crippen LogP contribution is 2.27. The van der Waals surface area contributed by atoms with Gasteiger partial charge in [0.15, 0.2) is 0 Å². The fourth-order valence-corrected chi connectivity index (χ4v) is 4.18. The standard InChI is InChI=1S/C20H26ClN3O4S/c1-13(16-8-6-7-9-18(16)28-5)22-14(2)20(25)23-15-10-11-17(21)19(12-15)29(26,27)24(3)4/h6-14,22H,1-5H3,(H,23,25)/t13-,14-/m0/s1. The van der Waals surface area contributed by atoms with E-state index in [1.54, 1.807) is 20.1 Å². The highest BCUT2D eigenvalue weighted by molar-refractivity contribution is 7.89. The fourth-order valence-electron chi connectivity index (χ4n) is 2.79. The van der Waals surface area contributed by atoms with Crippen LogP contribution in [0.15, 0.2) is 47.4 Å². The zero-order valence-corrected chi connectivity index (χ0v) is 18.6. The molecule has 0 aliphatic carbocycles. The predicted octanol–water partition coefficient (Wildman–Crippen LogP) is 3.28. The molecule has 158 valence electrons. The van der Waals surface area contributed by atoms with E-state index in [-0.39, 0.29) is 21.9 Å². The molecule has 0 unspecified atom stereocenters. The van der Waals surface area contributed by atoms with Crippen LogP contribution in [0.3, 0.4) is 0 Å². The number of halogens is 1. The minimum atomic E-state index is -3.73. The van der Waals surface area contributed by atoms with Crippen molar-refractivity contribution in [1.82, 2.24) is 9.62 Å². The second-order valence-corrected chi connectivity index (χ2v) is 9.30. The molecule has 2 N–H and O–H groups in total. The van der Waals surface area contributed by atoms with Crippen LogP contribution in [-0.2, 0) is 14.8 Å². The SMILES string of the molecule is COc1ccccc1[C@H](C)N[C@@H](C)C(=O)Nc1ccc(Cl)c(S(=O)(=O)N(C)C)c1. The highest BCUT2D eigenvalue weighted by Gasteiger charge is 2.23. The van der Waals surface area contributed by atoms with E-state index >= 15 is 0 Å². The Balaban J connectivity index is 2.14. The van der Waals surface area contributed by atoms with E-state index in [9.17, 15) is 13.2 Å². The third-order valence-electron chi connectivity index (χ3n) is 4.46. The van der Waals surface area contributed by atoms with Crippen LogP contribution in [0, 0.1) is 0 Å². The molecule has 2 aromatic rings. The Morgan fingerprint density at radius 2 is 1.79 bits per heavy atom. The Bertz CT molecular complexity index is 979. The number of amides is 1. The lowest BCUT2D eigenvalue weighted by Gasteiger charge is -2.22. The number of hydrogen-bond acceptors (Lipinski definition) is 5. The Morgan fingerprint density at radius 1 is 1.14 bits per heavy atom. The minimum absolute atomic E-state index is 0.0648. The number of carbonyl (C=O) groups is 1. The molecule has 0 saturated carbocycles. The van der Waals surface area contributed by atoms with E-state index in [4.69, 9.17) is 16.3 Å². The van der Waals surface area contributed by atoms with Crippen LogP contribution in [0.2, 0.25) is 5.02 Å². The van der Waals surface area contributed by atoms with Crippen molar-refractivity contribution in [1.29, 1.82) is 0 Å². The first-order chi connectivity index (χ1) is 13.6. The molecule has 0 aliphatic rings. The largest absolute Gasteiger partial charge is 0.496 e. The Kier molecular flexibility index (Phi) is 7.65. The van der Waals surface area contributed by atoms with Crippen molar-refractivity contribution in [3.63, 3.8) is 0 Å². The molecule has 0 spiro atoms. The molecule has 0 saturated heterocycles. The number of sulfonamides is 1. The van der Waals surface area contributed by atoms with Crippen LogP contribution in [-0.4, -0.2) is 45.9 Å². The maximum absolute atomic E-state index is 12.6. The number of benzene rings is 2. The Morgan fingerprint density at radius 3 is 2.41 bits per heavy atom. The monoisotopic (exact) mass is 439 g/mol. The lowest BCUT2D eigenvalue weighted by Crippen LogP contribution is -2.39. The molecule has 0 bridgehead atoms. The van der Waals surface area contributed by atoms with Crippen molar-refractivity contribution >= 4 is 33.2 Å². The quantitative estimate of drug-likeness (QED) is 0.659. The van der Waals surface area contributed by atoms with Gasteiger partial charge >= 0.3 is 0 Å². The van der Waals surface area contributed by atoms with Crippen molar-refractivity contribution < 1.29 is 17.9 Å². The zero-order valence-electron chi connectivity index (χ0n) is 17.1. The maximum atomic E-state index is 12.6. The van der Waals surface area contributed by atoms with E-state index in [1.165, 1.54) is 26.2 Å². The number of carbonyl (C=O) groups excluding carboxylic acids is 1. The van der Waals surface area contributed by atoms with E-state index in [2.05, 4.69) is 10.6 Å². The van der Waals surface area contributed by atoms with Gasteiger partial charge in [-0.3, -0.25) is 10.1 Å². The molecule has 0 heterocycles. The third-order valence-corrected chi connectivity index (χ3v) is 6.75. The van der Waals surface area contributed by atoms with E-state index in [0.29, 0.717) is 5.69 Å². The normalized spacial score (nSPS) is 13.8. The van der Waals surface area contributed by atoms with Gasteiger partial charge in [0.2, 0.25) is 15.9 Å². The number of para-hydroxylation sites is 1. The maximum Gasteiger partial charge on any atom is 0.244 e. The summed E-state index contributed by atoms with van der Waals surface area (Å²) in [5.41, 5.74) is 1.28. The van der Waals surface area contributed by atoms with Gasteiger partial charge in [-0.05, 0) is 38.1 Å². The molecule has 0 aromatic heterocycles. The summed E-state index contributed by atoms with van der Waals surface area (Å²) in [7, 11) is 0.708. The van der Waals surface area contributed by atoms with Crippen molar-refractivity contribution in [3.8, 4) is 5.75 Å². The first kappa shape index (κ1) is 23.2. The van der Waals surface area contributed by atoms with Crippen LogP contribution in [0.4, 0.5) is 5.69 Å². The molecular weight excluding hydrogens is 414 g/mol. The van der Waals surface area contributed by atoms with Crippen molar-refractivity contribution in [3.05, 3.63) is 53.1 Å². The third kappa shape index (κ3) is 5.48. The summed E-state index contributed by atoms with van der Waals surface area (Å²) in [6, 6.07) is 11.3. The highest BCUT2D eigenvalue weighted by atomic mass is 35.5. The molecule has 2 atom stereocenters. The van der Waals surface area contributed by atoms with Gasteiger partial charge in [0.25, 0.3) is 0 Å². The first-order valence-corrected chi connectivity index (χ1v) is 10.8. The molecule has 9 heteroatoms. The first-order valence-electron chi connectivity index (χ1n) is 8.99. The molecule has 2 aromatic carbocycles. The second-order valence-electron chi connectivity index (χ2n) is 6.77. The smallest absolute Gasteiger partial charge is 0.244 e. The van der Waals surface area contributed by atoms with Gasteiger partial charge in [0, 0.05) is 31.4 Å². The lowest BCUT2D eigenvalue weighted by molar-refractivity contribution is -0.117. The summed E-state index contributed by atoms with van der Waals surface area (Å²) >= 11 is 6.05. The molecule has 1 amide bonds. The summed E-state index contributed by atoms with van der Waals surface area (Å²) in [5.74, 6) is 0.429.